The first-order chi connectivity index (χ1) is 5.72. The molecule has 0 spiro atoms. The Hall–Kier alpha value is -0.340. The van der Waals surface area contributed by atoms with Crippen molar-refractivity contribution in [2.45, 2.75) is 13.3 Å². The van der Waals surface area contributed by atoms with E-state index in [1.165, 1.54) is 26.1 Å². The highest BCUT2D eigenvalue weighted by Crippen LogP contribution is 2.09. The Kier molecular flexibility index (Phi) is 3.76. The molecule has 1 aliphatic rings. The number of hydrogen-bond donors (Lipinski definition) is 0. The molecule has 0 N–H and O–H groups in total. The first-order valence-electron chi connectivity index (χ1n) is 4.77. The van der Waals surface area contributed by atoms with Crippen molar-refractivity contribution in [3.63, 3.8) is 0 Å². The molecule has 12 heavy (non-hydrogen) atoms. The molecular formula is C10H20N2. The van der Waals surface area contributed by atoms with Crippen LogP contribution in [0.15, 0.2) is 11.6 Å². The van der Waals surface area contributed by atoms with Gasteiger partial charge in [-0.2, -0.15) is 0 Å². The normalized spacial score (nSPS) is 19.8. The number of rotatable bonds is 3. The van der Waals surface area contributed by atoms with Crippen LogP contribution in [0.1, 0.15) is 13.3 Å². The highest BCUT2D eigenvalue weighted by atomic mass is 15.1. The van der Waals surface area contributed by atoms with E-state index in [2.05, 4.69) is 36.9 Å². The second kappa shape index (κ2) is 4.63. The van der Waals surface area contributed by atoms with Crippen LogP contribution in [0.5, 0.6) is 0 Å². The van der Waals surface area contributed by atoms with Gasteiger partial charge in [0.15, 0.2) is 0 Å². The van der Waals surface area contributed by atoms with E-state index < -0.39 is 0 Å². The molecule has 0 atom stereocenters. The number of likely N-dealkylation sites (N-methyl/N-ethyl adjacent to an activating group) is 2. The van der Waals surface area contributed by atoms with Crippen molar-refractivity contribution in [1.29, 1.82) is 0 Å². The Morgan fingerprint density at radius 1 is 1.50 bits per heavy atom. The molecule has 0 saturated carbocycles. The summed E-state index contributed by atoms with van der Waals surface area (Å²) < 4.78 is 0. The lowest BCUT2D eigenvalue weighted by atomic mass is 10.1. The monoisotopic (exact) mass is 168 g/mol. The van der Waals surface area contributed by atoms with E-state index in [9.17, 15) is 0 Å². The summed E-state index contributed by atoms with van der Waals surface area (Å²) in [7, 11) is 4.26. The van der Waals surface area contributed by atoms with Crippen molar-refractivity contribution in [1.82, 2.24) is 9.80 Å². The van der Waals surface area contributed by atoms with Crippen LogP contribution < -0.4 is 0 Å². The summed E-state index contributed by atoms with van der Waals surface area (Å²) in [6, 6.07) is 0. The van der Waals surface area contributed by atoms with E-state index in [0.29, 0.717) is 0 Å². The zero-order chi connectivity index (χ0) is 8.97. The molecule has 0 bridgehead atoms. The summed E-state index contributed by atoms with van der Waals surface area (Å²) in [6.45, 7) is 6.96. The molecule has 0 saturated heterocycles. The summed E-state index contributed by atoms with van der Waals surface area (Å²) >= 11 is 0. The lowest BCUT2D eigenvalue weighted by Crippen LogP contribution is -2.32. The quantitative estimate of drug-likeness (QED) is 0.584. The van der Waals surface area contributed by atoms with Crippen molar-refractivity contribution in [3.8, 4) is 0 Å². The third-order valence-electron chi connectivity index (χ3n) is 2.27. The molecule has 0 aromatic heterocycles. The molecule has 0 aromatic rings. The summed E-state index contributed by atoms with van der Waals surface area (Å²) in [6.07, 6.45) is 3.63. The van der Waals surface area contributed by atoms with Gasteiger partial charge in [0.25, 0.3) is 0 Å². The van der Waals surface area contributed by atoms with E-state index >= 15 is 0 Å². The van der Waals surface area contributed by atoms with Gasteiger partial charge in [-0.15, -0.1) is 0 Å². The van der Waals surface area contributed by atoms with Crippen LogP contribution in [0.2, 0.25) is 0 Å². The predicted molar refractivity (Wildman–Crippen MR) is 53.4 cm³/mol. The molecular weight excluding hydrogens is 148 g/mol. The molecule has 0 fully saturated rings. The highest BCUT2D eigenvalue weighted by Gasteiger charge is 2.10. The maximum atomic E-state index is 2.50. The van der Waals surface area contributed by atoms with E-state index in [4.69, 9.17) is 0 Å². The van der Waals surface area contributed by atoms with Gasteiger partial charge in [0.2, 0.25) is 0 Å². The van der Waals surface area contributed by atoms with Crippen LogP contribution in [0.4, 0.5) is 0 Å². The van der Waals surface area contributed by atoms with Gasteiger partial charge in [-0.3, -0.25) is 4.90 Å². The SMILES string of the molecule is CCN1CCC=C(CN(C)C)C1. The third kappa shape index (κ3) is 2.95. The maximum absolute atomic E-state index is 2.50. The van der Waals surface area contributed by atoms with Crippen LogP contribution >= 0.6 is 0 Å². The van der Waals surface area contributed by atoms with Gasteiger partial charge in [0.05, 0.1) is 0 Å². The summed E-state index contributed by atoms with van der Waals surface area (Å²) in [5.41, 5.74) is 1.58. The zero-order valence-electron chi connectivity index (χ0n) is 8.51. The minimum absolute atomic E-state index is 1.12. The predicted octanol–water partition coefficient (Wildman–Crippen LogP) is 1.20. The van der Waals surface area contributed by atoms with E-state index in [1.807, 2.05) is 0 Å². The van der Waals surface area contributed by atoms with Crippen molar-refractivity contribution < 1.29 is 0 Å². The summed E-state index contributed by atoms with van der Waals surface area (Å²) in [5.74, 6) is 0. The van der Waals surface area contributed by atoms with E-state index in [0.717, 1.165) is 6.54 Å². The van der Waals surface area contributed by atoms with Gasteiger partial charge in [-0.25, -0.2) is 0 Å². The Balaban J connectivity index is 2.39. The second-order valence-corrected chi connectivity index (χ2v) is 3.76. The van der Waals surface area contributed by atoms with Crippen molar-refractivity contribution in [3.05, 3.63) is 11.6 Å². The topological polar surface area (TPSA) is 6.48 Å². The molecule has 0 radical (unpaired) electrons. The minimum atomic E-state index is 1.12. The van der Waals surface area contributed by atoms with Crippen LogP contribution in [0.25, 0.3) is 0 Å². The first-order valence-corrected chi connectivity index (χ1v) is 4.77. The largest absolute Gasteiger partial charge is 0.305 e. The molecule has 0 amide bonds. The van der Waals surface area contributed by atoms with Crippen molar-refractivity contribution in [2.24, 2.45) is 0 Å². The number of hydrogen-bond acceptors (Lipinski definition) is 2. The van der Waals surface area contributed by atoms with Gasteiger partial charge in [-0.05, 0) is 32.6 Å². The summed E-state index contributed by atoms with van der Waals surface area (Å²) in [4.78, 5) is 4.74. The fourth-order valence-electron chi connectivity index (χ4n) is 1.67. The van der Waals surface area contributed by atoms with Gasteiger partial charge >= 0.3 is 0 Å². The molecule has 2 nitrogen and oxygen atoms in total. The van der Waals surface area contributed by atoms with Gasteiger partial charge in [0, 0.05) is 19.6 Å². The standard InChI is InChI=1S/C10H20N2/c1-4-12-7-5-6-10(9-12)8-11(2)3/h6H,4-5,7-9H2,1-3H3. The van der Waals surface area contributed by atoms with E-state index in [1.54, 1.807) is 5.57 Å². The first kappa shape index (κ1) is 9.75. The second-order valence-electron chi connectivity index (χ2n) is 3.76. The van der Waals surface area contributed by atoms with Crippen LogP contribution in [0, 0.1) is 0 Å². The zero-order valence-corrected chi connectivity index (χ0v) is 8.51. The van der Waals surface area contributed by atoms with Crippen LogP contribution in [0.3, 0.4) is 0 Å². The van der Waals surface area contributed by atoms with Crippen molar-refractivity contribution in [2.75, 3.05) is 40.3 Å². The molecule has 1 rings (SSSR count). The van der Waals surface area contributed by atoms with E-state index in [-0.39, 0.29) is 0 Å². The lowest BCUT2D eigenvalue weighted by molar-refractivity contribution is 0.293. The summed E-state index contributed by atoms with van der Waals surface area (Å²) in [5, 5.41) is 0. The molecule has 1 heterocycles. The average molecular weight is 168 g/mol. The molecule has 0 aliphatic carbocycles. The Labute approximate surface area is 75.8 Å². The Morgan fingerprint density at radius 2 is 2.25 bits per heavy atom. The Morgan fingerprint density at radius 3 is 2.83 bits per heavy atom. The fraction of sp³-hybridized carbons (Fsp3) is 0.800. The maximum Gasteiger partial charge on any atom is 0.0205 e. The highest BCUT2D eigenvalue weighted by molar-refractivity contribution is 5.09. The van der Waals surface area contributed by atoms with Gasteiger partial charge in [0.1, 0.15) is 0 Å². The van der Waals surface area contributed by atoms with Gasteiger partial charge in [-0.1, -0.05) is 13.0 Å². The lowest BCUT2D eigenvalue weighted by Gasteiger charge is -2.27. The number of nitrogens with zero attached hydrogens (tertiary/aromatic N) is 2. The molecule has 1 aliphatic heterocycles. The molecule has 0 aromatic carbocycles. The molecule has 2 heteroatoms. The van der Waals surface area contributed by atoms with Crippen LogP contribution in [-0.2, 0) is 0 Å². The average Bonchev–Trinajstić information content (AvgIpc) is 2.03. The minimum Gasteiger partial charge on any atom is -0.305 e. The van der Waals surface area contributed by atoms with Gasteiger partial charge < -0.3 is 4.90 Å². The molecule has 0 unspecified atom stereocenters. The molecule has 70 valence electrons. The van der Waals surface area contributed by atoms with Crippen molar-refractivity contribution >= 4 is 0 Å². The smallest absolute Gasteiger partial charge is 0.0205 e. The third-order valence-corrected chi connectivity index (χ3v) is 2.27. The van der Waals surface area contributed by atoms with Crippen LogP contribution in [-0.4, -0.2) is 50.1 Å². The Bertz CT molecular complexity index is 161. The fourth-order valence-corrected chi connectivity index (χ4v) is 1.67.